The maximum Gasteiger partial charge on any atom is 0.230 e. The van der Waals surface area contributed by atoms with E-state index < -0.39 is 0 Å². The number of hydrogen-bond donors (Lipinski definition) is 0. The van der Waals surface area contributed by atoms with Crippen molar-refractivity contribution in [2.45, 2.75) is 32.6 Å². The van der Waals surface area contributed by atoms with E-state index in [1.54, 1.807) is 12.4 Å². The molecule has 0 aliphatic heterocycles. The summed E-state index contributed by atoms with van der Waals surface area (Å²) in [7, 11) is 0. The maximum atomic E-state index is 5.38. The van der Waals surface area contributed by atoms with Crippen LogP contribution in [0, 0.1) is 0 Å². The van der Waals surface area contributed by atoms with Gasteiger partial charge in [0, 0.05) is 23.9 Å². The average molecular weight is 294 g/mol. The molecule has 0 saturated heterocycles. The highest BCUT2D eigenvalue weighted by Gasteiger charge is 2.16. The standard InChI is InChI=1S/C17H18N4O/c1-3-12(4-2)17-20-16(21-22-17)13-8-9-15(19-11-13)14-7-5-6-10-18-14/h5-12H,3-4H2,1-2H3. The van der Waals surface area contributed by atoms with E-state index in [-0.39, 0.29) is 0 Å². The Labute approximate surface area is 129 Å². The third-order valence-electron chi connectivity index (χ3n) is 3.73. The van der Waals surface area contributed by atoms with Crippen molar-refractivity contribution >= 4 is 0 Å². The summed E-state index contributed by atoms with van der Waals surface area (Å²) in [6, 6.07) is 9.63. The van der Waals surface area contributed by atoms with Crippen LogP contribution >= 0.6 is 0 Å². The van der Waals surface area contributed by atoms with E-state index in [0.29, 0.717) is 17.6 Å². The minimum absolute atomic E-state index is 0.321. The number of pyridine rings is 2. The Balaban J connectivity index is 1.84. The van der Waals surface area contributed by atoms with Crippen LogP contribution in [0.4, 0.5) is 0 Å². The average Bonchev–Trinajstić information content (AvgIpc) is 3.07. The molecule has 0 N–H and O–H groups in total. The Bertz CT molecular complexity index is 718. The molecule has 22 heavy (non-hydrogen) atoms. The van der Waals surface area contributed by atoms with E-state index >= 15 is 0 Å². The van der Waals surface area contributed by atoms with Gasteiger partial charge in [-0.25, -0.2) is 0 Å². The third-order valence-corrected chi connectivity index (χ3v) is 3.73. The zero-order chi connectivity index (χ0) is 15.4. The highest BCUT2D eigenvalue weighted by molar-refractivity contribution is 5.59. The molecule has 0 aliphatic carbocycles. The molecule has 5 heteroatoms. The quantitative estimate of drug-likeness (QED) is 0.709. The van der Waals surface area contributed by atoms with Gasteiger partial charge in [-0.2, -0.15) is 4.98 Å². The van der Waals surface area contributed by atoms with Crippen molar-refractivity contribution in [1.29, 1.82) is 0 Å². The second-order valence-corrected chi connectivity index (χ2v) is 5.12. The van der Waals surface area contributed by atoms with Crippen LogP contribution in [0.3, 0.4) is 0 Å². The molecule has 112 valence electrons. The molecular formula is C17H18N4O. The molecule has 0 aliphatic rings. The van der Waals surface area contributed by atoms with Gasteiger partial charge in [-0.15, -0.1) is 0 Å². The van der Waals surface area contributed by atoms with E-state index in [1.807, 2.05) is 30.3 Å². The first-order valence-corrected chi connectivity index (χ1v) is 7.53. The van der Waals surface area contributed by atoms with Crippen molar-refractivity contribution in [3.8, 4) is 22.8 Å². The highest BCUT2D eigenvalue weighted by atomic mass is 16.5. The summed E-state index contributed by atoms with van der Waals surface area (Å²) in [6.45, 7) is 4.25. The van der Waals surface area contributed by atoms with Crippen LogP contribution in [-0.2, 0) is 0 Å². The molecule has 0 aromatic carbocycles. The summed E-state index contributed by atoms with van der Waals surface area (Å²) in [5, 5.41) is 4.06. The van der Waals surface area contributed by atoms with E-state index in [0.717, 1.165) is 29.8 Å². The van der Waals surface area contributed by atoms with Gasteiger partial charge in [-0.1, -0.05) is 25.1 Å². The first-order chi connectivity index (χ1) is 10.8. The molecule has 0 spiro atoms. The number of rotatable bonds is 5. The Morgan fingerprint density at radius 3 is 2.45 bits per heavy atom. The molecule has 0 bridgehead atoms. The van der Waals surface area contributed by atoms with E-state index in [1.165, 1.54) is 0 Å². The Kier molecular flexibility index (Phi) is 4.23. The molecule has 3 rings (SSSR count). The topological polar surface area (TPSA) is 64.7 Å². The Hall–Kier alpha value is -2.56. The van der Waals surface area contributed by atoms with E-state index in [2.05, 4.69) is 34.0 Å². The Morgan fingerprint density at radius 2 is 1.82 bits per heavy atom. The van der Waals surface area contributed by atoms with Gasteiger partial charge in [-0.05, 0) is 37.1 Å². The molecule has 3 aromatic rings. The lowest BCUT2D eigenvalue weighted by Crippen LogP contribution is -1.95. The minimum atomic E-state index is 0.321. The maximum absolute atomic E-state index is 5.38. The van der Waals surface area contributed by atoms with Crippen molar-refractivity contribution in [3.05, 3.63) is 48.6 Å². The predicted molar refractivity (Wildman–Crippen MR) is 84.1 cm³/mol. The Morgan fingerprint density at radius 1 is 1.00 bits per heavy atom. The first-order valence-electron chi connectivity index (χ1n) is 7.53. The monoisotopic (exact) mass is 294 g/mol. The molecule has 0 amide bonds. The minimum Gasteiger partial charge on any atom is -0.339 e. The second-order valence-electron chi connectivity index (χ2n) is 5.12. The third kappa shape index (κ3) is 2.88. The molecule has 0 unspecified atom stereocenters. The predicted octanol–water partition coefficient (Wildman–Crippen LogP) is 4.10. The number of nitrogens with zero attached hydrogens (tertiary/aromatic N) is 4. The smallest absolute Gasteiger partial charge is 0.230 e. The van der Waals surface area contributed by atoms with E-state index in [4.69, 9.17) is 4.52 Å². The molecule has 0 atom stereocenters. The fraction of sp³-hybridized carbons (Fsp3) is 0.294. The van der Waals surface area contributed by atoms with Gasteiger partial charge in [-0.3, -0.25) is 9.97 Å². The molecule has 3 heterocycles. The highest BCUT2D eigenvalue weighted by Crippen LogP contribution is 2.24. The molecule has 0 saturated carbocycles. The molecule has 0 fully saturated rings. The van der Waals surface area contributed by atoms with Gasteiger partial charge < -0.3 is 4.52 Å². The van der Waals surface area contributed by atoms with Crippen LogP contribution in [0.5, 0.6) is 0 Å². The van der Waals surface area contributed by atoms with Crippen molar-refractivity contribution in [3.63, 3.8) is 0 Å². The van der Waals surface area contributed by atoms with Gasteiger partial charge in [0.1, 0.15) is 0 Å². The number of hydrogen-bond acceptors (Lipinski definition) is 5. The van der Waals surface area contributed by atoms with Gasteiger partial charge in [0.15, 0.2) is 0 Å². The van der Waals surface area contributed by atoms with Crippen molar-refractivity contribution < 1.29 is 4.52 Å². The van der Waals surface area contributed by atoms with Crippen LogP contribution in [0.1, 0.15) is 38.5 Å². The lowest BCUT2D eigenvalue weighted by atomic mass is 10.0. The summed E-state index contributed by atoms with van der Waals surface area (Å²) in [6.07, 6.45) is 5.50. The summed E-state index contributed by atoms with van der Waals surface area (Å²) in [4.78, 5) is 13.2. The van der Waals surface area contributed by atoms with Crippen molar-refractivity contribution in [2.75, 3.05) is 0 Å². The van der Waals surface area contributed by atoms with Crippen LogP contribution < -0.4 is 0 Å². The largest absolute Gasteiger partial charge is 0.339 e. The SMILES string of the molecule is CCC(CC)c1nc(-c2ccc(-c3ccccn3)nc2)no1. The van der Waals surface area contributed by atoms with Gasteiger partial charge >= 0.3 is 0 Å². The summed E-state index contributed by atoms with van der Waals surface area (Å²) in [5.74, 6) is 1.61. The van der Waals surface area contributed by atoms with E-state index in [9.17, 15) is 0 Å². The molecule has 3 aromatic heterocycles. The summed E-state index contributed by atoms with van der Waals surface area (Å²) < 4.78 is 5.38. The number of aromatic nitrogens is 4. The van der Waals surface area contributed by atoms with Crippen molar-refractivity contribution in [1.82, 2.24) is 20.1 Å². The van der Waals surface area contributed by atoms with Gasteiger partial charge in [0.25, 0.3) is 0 Å². The first kappa shape index (κ1) is 14.4. The summed E-state index contributed by atoms with van der Waals surface area (Å²) in [5.41, 5.74) is 2.52. The zero-order valence-corrected chi connectivity index (χ0v) is 12.7. The second kappa shape index (κ2) is 6.47. The zero-order valence-electron chi connectivity index (χ0n) is 12.7. The van der Waals surface area contributed by atoms with Crippen LogP contribution in [-0.4, -0.2) is 20.1 Å². The lowest BCUT2D eigenvalue weighted by Gasteiger charge is -2.04. The fourth-order valence-corrected chi connectivity index (χ4v) is 2.35. The van der Waals surface area contributed by atoms with Crippen LogP contribution in [0.25, 0.3) is 22.8 Å². The van der Waals surface area contributed by atoms with Gasteiger partial charge in [0.05, 0.1) is 11.4 Å². The normalized spacial score (nSPS) is 11.0. The lowest BCUT2D eigenvalue weighted by molar-refractivity contribution is 0.346. The molecular weight excluding hydrogens is 276 g/mol. The van der Waals surface area contributed by atoms with Crippen LogP contribution in [0.2, 0.25) is 0 Å². The molecule has 0 radical (unpaired) electrons. The van der Waals surface area contributed by atoms with Crippen molar-refractivity contribution in [2.24, 2.45) is 0 Å². The summed E-state index contributed by atoms with van der Waals surface area (Å²) >= 11 is 0. The van der Waals surface area contributed by atoms with Gasteiger partial charge in [0.2, 0.25) is 11.7 Å². The molecule has 5 nitrogen and oxygen atoms in total. The fourth-order valence-electron chi connectivity index (χ4n) is 2.35. The van der Waals surface area contributed by atoms with Crippen LogP contribution in [0.15, 0.2) is 47.2 Å².